The van der Waals surface area contributed by atoms with Crippen molar-refractivity contribution in [3.05, 3.63) is 90.0 Å². The van der Waals surface area contributed by atoms with Crippen LogP contribution in [0.15, 0.2) is 73.8 Å². The summed E-state index contributed by atoms with van der Waals surface area (Å²) in [5.41, 5.74) is 2.28. The van der Waals surface area contributed by atoms with Crippen molar-refractivity contribution in [2.45, 2.75) is 46.7 Å². The highest BCUT2D eigenvalue weighted by Gasteiger charge is 2.76. The molecule has 3 fully saturated rings. The molecule has 1 N–H and O–H groups in total. The number of likely N-dealkylation sites (tertiary alicyclic amines) is 1. The average molecular weight is 674 g/mol. The molecule has 0 aromatic heterocycles. The first-order chi connectivity index (χ1) is 20.2. The third kappa shape index (κ3) is 5.12. The molecule has 1 spiro atoms. The molecule has 0 aliphatic carbocycles. The van der Waals surface area contributed by atoms with Crippen LogP contribution >= 0.6 is 39.3 Å². The summed E-state index contributed by atoms with van der Waals surface area (Å²) >= 11 is 12.0. The Morgan fingerprint density at radius 2 is 1.98 bits per heavy atom. The highest BCUT2D eigenvalue weighted by Crippen LogP contribution is 2.68. The molecule has 10 heteroatoms. The standard InChI is InChI=1S/C32H34BrClN2O5S/c1-4-14-35(26-19(3)10-9-13-23(26)34)30(39)28-32-17-22(33)27(42-32)24(31(40)41-15-5-2)25(32)29(38)36(28)21(18-37)16-20-11-7-6-8-12-20/h4-13,21-22,24-25,27-28,37H,1-2,14-18H2,3H3/t21-,22?,24-,25+,27-,28?,32?/m1/s1. The van der Waals surface area contributed by atoms with Gasteiger partial charge in [-0.25, -0.2) is 0 Å². The van der Waals surface area contributed by atoms with Crippen molar-refractivity contribution in [1.82, 2.24) is 4.90 Å². The van der Waals surface area contributed by atoms with E-state index in [1.54, 1.807) is 21.9 Å². The van der Waals surface area contributed by atoms with Crippen LogP contribution in [0.3, 0.4) is 0 Å². The first-order valence-electron chi connectivity index (χ1n) is 13.9. The summed E-state index contributed by atoms with van der Waals surface area (Å²) in [5, 5.41) is 10.9. The van der Waals surface area contributed by atoms with Crippen LogP contribution in [0.5, 0.6) is 0 Å². The fourth-order valence-corrected chi connectivity index (χ4v) is 10.8. The lowest BCUT2D eigenvalue weighted by Crippen LogP contribution is -2.58. The summed E-state index contributed by atoms with van der Waals surface area (Å²) in [6.07, 6.45) is 3.98. The molecule has 2 aromatic rings. The van der Waals surface area contributed by atoms with Gasteiger partial charge in [0.25, 0.3) is 5.91 Å². The van der Waals surface area contributed by atoms with Gasteiger partial charge in [0.2, 0.25) is 5.91 Å². The minimum atomic E-state index is -0.960. The number of benzene rings is 2. The number of amides is 2. The number of rotatable bonds is 11. The average Bonchev–Trinajstić information content (AvgIpc) is 3.57. The maximum atomic E-state index is 14.9. The largest absolute Gasteiger partial charge is 0.461 e. The lowest BCUT2D eigenvalue weighted by molar-refractivity contribution is -0.153. The van der Waals surface area contributed by atoms with Crippen molar-refractivity contribution in [2.75, 3.05) is 24.7 Å². The predicted molar refractivity (Wildman–Crippen MR) is 170 cm³/mol. The number of carbonyl (C=O) groups excluding carboxylic acids is 3. The summed E-state index contributed by atoms with van der Waals surface area (Å²) in [4.78, 5) is 46.0. The SMILES string of the molecule is C=CCOC(=O)[C@H]1[C@@H]2SC3(CC2Br)C(C(=O)N(CC=C)c2c(C)cccc2Cl)N([C@@H](CO)Cc2ccccc2)C(=O)[C@H]13. The minimum absolute atomic E-state index is 0.0336. The summed E-state index contributed by atoms with van der Waals surface area (Å²) in [6, 6.07) is 13.3. The third-order valence-electron chi connectivity index (χ3n) is 8.53. The van der Waals surface area contributed by atoms with Gasteiger partial charge in [0, 0.05) is 16.6 Å². The van der Waals surface area contributed by atoms with Gasteiger partial charge >= 0.3 is 5.97 Å². The molecule has 2 aromatic carbocycles. The van der Waals surface area contributed by atoms with Crippen molar-refractivity contribution in [3.63, 3.8) is 0 Å². The number of hydrogen-bond acceptors (Lipinski definition) is 6. The number of fused-ring (bicyclic) bond motifs is 1. The van der Waals surface area contributed by atoms with Crippen molar-refractivity contribution < 1.29 is 24.2 Å². The highest BCUT2D eigenvalue weighted by atomic mass is 79.9. The van der Waals surface area contributed by atoms with Gasteiger partial charge in [-0.2, -0.15) is 0 Å². The second kappa shape index (κ2) is 12.6. The Kier molecular flexibility index (Phi) is 9.23. The monoisotopic (exact) mass is 672 g/mol. The van der Waals surface area contributed by atoms with E-state index in [1.165, 1.54) is 17.8 Å². The number of nitrogens with zero attached hydrogens (tertiary/aromatic N) is 2. The van der Waals surface area contributed by atoms with Gasteiger partial charge in [-0.3, -0.25) is 14.4 Å². The van der Waals surface area contributed by atoms with E-state index in [0.717, 1.165) is 11.1 Å². The minimum Gasteiger partial charge on any atom is -0.461 e. The Labute approximate surface area is 264 Å². The van der Waals surface area contributed by atoms with E-state index in [0.29, 0.717) is 23.6 Å². The van der Waals surface area contributed by atoms with Gasteiger partial charge in [-0.05, 0) is 37.0 Å². The molecule has 2 amide bonds. The van der Waals surface area contributed by atoms with Crippen molar-refractivity contribution in [3.8, 4) is 0 Å². The third-order valence-corrected chi connectivity index (χ3v) is 12.1. The summed E-state index contributed by atoms with van der Waals surface area (Å²) in [5.74, 6) is -2.63. The Morgan fingerprint density at radius 3 is 2.62 bits per heavy atom. The number of ether oxygens (including phenoxy) is 1. The molecule has 222 valence electrons. The zero-order valence-corrected chi connectivity index (χ0v) is 26.5. The molecule has 3 saturated heterocycles. The fourth-order valence-electron chi connectivity index (χ4n) is 6.92. The number of halogens is 2. The van der Waals surface area contributed by atoms with Gasteiger partial charge in [-0.1, -0.05) is 88.7 Å². The van der Waals surface area contributed by atoms with E-state index >= 15 is 0 Å². The summed E-state index contributed by atoms with van der Waals surface area (Å²) < 4.78 is 4.58. The second-order valence-corrected chi connectivity index (χ2v) is 14.1. The van der Waals surface area contributed by atoms with Crippen LogP contribution in [0, 0.1) is 18.8 Å². The van der Waals surface area contributed by atoms with Gasteiger partial charge in [0.1, 0.15) is 12.6 Å². The van der Waals surface area contributed by atoms with Gasteiger partial charge in [0.05, 0.1) is 39.9 Å². The van der Waals surface area contributed by atoms with Crippen LogP contribution in [0.4, 0.5) is 5.69 Å². The fraction of sp³-hybridized carbons (Fsp3) is 0.406. The number of aliphatic hydroxyl groups is 1. The van der Waals surface area contributed by atoms with Crippen LogP contribution in [0.1, 0.15) is 17.5 Å². The number of esters is 1. The predicted octanol–water partition coefficient (Wildman–Crippen LogP) is 4.96. The van der Waals surface area contributed by atoms with Crippen molar-refractivity contribution in [2.24, 2.45) is 11.8 Å². The van der Waals surface area contributed by atoms with E-state index < -0.39 is 34.6 Å². The highest BCUT2D eigenvalue weighted by molar-refractivity contribution is 9.09. The molecule has 7 nitrogen and oxygen atoms in total. The van der Waals surface area contributed by atoms with Crippen LogP contribution in [-0.2, 0) is 25.5 Å². The first-order valence-corrected chi connectivity index (χ1v) is 16.1. The molecule has 3 heterocycles. The lowest BCUT2D eigenvalue weighted by atomic mass is 9.71. The zero-order chi connectivity index (χ0) is 30.2. The van der Waals surface area contributed by atoms with Crippen LogP contribution < -0.4 is 4.90 Å². The number of hydrogen-bond donors (Lipinski definition) is 1. The Hall–Kier alpha value is -2.59. The van der Waals surface area contributed by atoms with Crippen LogP contribution in [0.2, 0.25) is 5.02 Å². The van der Waals surface area contributed by atoms with Crippen molar-refractivity contribution in [1.29, 1.82) is 0 Å². The molecule has 0 saturated carbocycles. The van der Waals surface area contributed by atoms with Gasteiger partial charge in [0.15, 0.2) is 0 Å². The van der Waals surface area contributed by atoms with Crippen molar-refractivity contribution >= 4 is 62.8 Å². The molecule has 2 bridgehead atoms. The summed E-state index contributed by atoms with van der Waals surface area (Å²) in [6.45, 7) is 9.26. The van der Waals surface area contributed by atoms with E-state index in [9.17, 15) is 19.5 Å². The maximum absolute atomic E-state index is 14.9. The number of aryl methyl sites for hydroxylation is 1. The molecule has 3 unspecified atom stereocenters. The van der Waals surface area contributed by atoms with E-state index in [4.69, 9.17) is 16.3 Å². The maximum Gasteiger partial charge on any atom is 0.311 e. The van der Waals surface area contributed by atoms with Crippen LogP contribution in [0.25, 0.3) is 0 Å². The molecule has 0 radical (unpaired) electrons. The number of thioether (sulfide) groups is 1. The Balaban J connectivity index is 1.65. The topological polar surface area (TPSA) is 87.2 Å². The smallest absolute Gasteiger partial charge is 0.311 e. The number of para-hydroxylation sites is 1. The van der Waals surface area contributed by atoms with E-state index in [1.807, 2.05) is 49.4 Å². The molecular formula is C32H34BrClN2O5S. The quantitative estimate of drug-likeness (QED) is 0.206. The van der Waals surface area contributed by atoms with E-state index in [-0.39, 0.29) is 41.6 Å². The zero-order valence-electron chi connectivity index (χ0n) is 23.3. The van der Waals surface area contributed by atoms with Gasteiger partial charge < -0.3 is 19.6 Å². The first kappa shape index (κ1) is 30.9. The molecule has 42 heavy (non-hydrogen) atoms. The Bertz CT molecular complexity index is 1370. The van der Waals surface area contributed by atoms with Crippen LogP contribution in [-0.4, -0.2) is 74.5 Å². The normalized spacial score (nSPS) is 28.3. The molecule has 7 atom stereocenters. The Morgan fingerprint density at radius 1 is 1.24 bits per heavy atom. The molecule has 5 rings (SSSR count). The number of alkyl halides is 1. The van der Waals surface area contributed by atoms with E-state index in [2.05, 4.69) is 29.1 Å². The second-order valence-electron chi connectivity index (χ2n) is 11.0. The summed E-state index contributed by atoms with van der Waals surface area (Å²) in [7, 11) is 0. The lowest BCUT2D eigenvalue weighted by Gasteiger charge is -2.40. The molecular weight excluding hydrogens is 640 g/mol. The molecule has 3 aliphatic rings. The molecule has 3 aliphatic heterocycles. The number of anilines is 1. The number of aliphatic hydroxyl groups excluding tert-OH is 1. The van der Waals surface area contributed by atoms with Gasteiger partial charge in [-0.15, -0.1) is 18.3 Å². The number of carbonyl (C=O) groups is 3.